The maximum absolute atomic E-state index is 11.5. The maximum Gasteiger partial charge on any atom is 0.408 e. The second-order valence-electron chi connectivity index (χ2n) is 4.81. The van der Waals surface area contributed by atoms with Crippen LogP contribution in [0.2, 0.25) is 0 Å². The summed E-state index contributed by atoms with van der Waals surface area (Å²) in [5.41, 5.74) is -0.750. The number of carbonyl (C=O) groups excluding carboxylic acids is 2. The van der Waals surface area contributed by atoms with Gasteiger partial charge in [-0.3, -0.25) is 9.63 Å². The predicted molar refractivity (Wildman–Crippen MR) is 65.2 cm³/mol. The number of alkyl carbamates (subject to hydrolysis) is 1. The fourth-order valence-electron chi connectivity index (χ4n) is 1.05. The van der Waals surface area contributed by atoms with Crippen molar-refractivity contribution in [1.29, 1.82) is 0 Å². The van der Waals surface area contributed by atoms with E-state index >= 15 is 0 Å². The minimum absolute atomic E-state index is 0.432. The molecule has 0 spiro atoms. The van der Waals surface area contributed by atoms with Gasteiger partial charge in [0.1, 0.15) is 11.6 Å². The van der Waals surface area contributed by atoms with E-state index in [9.17, 15) is 14.4 Å². The van der Waals surface area contributed by atoms with Crippen molar-refractivity contribution in [1.82, 2.24) is 10.4 Å². The van der Waals surface area contributed by atoms with E-state index in [4.69, 9.17) is 9.84 Å². The minimum atomic E-state index is -1.38. The van der Waals surface area contributed by atoms with E-state index in [1.165, 1.54) is 14.2 Å². The van der Waals surface area contributed by atoms with Gasteiger partial charge in [0.05, 0.1) is 13.5 Å². The Morgan fingerprint density at radius 2 is 1.84 bits per heavy atom. The largest absolute Gasteiger partial charge is 0.480 e. The van der Waals surface area contributed by atoms with Gasteiger partial charge < -0.3 is 15.2 Å². The highest BCUT2D eigenvalue weighted by Crippen LogP contribution is 2.07. The van der Waals surface area contributed by atoms with Crippen LogP contribution in [0.1, 0.15) is 27.2 Å². The van der Waals surface area contributed by atoms with Crippen LogP contribution in [-0.2, 0) is 19.2 Å². The van der Waals surface area contributed by atoms with Gasteiger partial charge in [-0.1, -0.05) is 0 Å². The number of carbonyl (C=O) groups is 3. The van der Waals surface area contributed by atoms with Gasteiger partial charge in [0, 0.05) is 7.05 Å². The summed E-state index contributed by atoms with van der Waals surface area (Å²) in [5.74, 6) is -1.91. The van der Waals surface area contributed by atoms with Gasteiger partial charge >= 0.3 is 12.1 Å². The van der Waals surface area contributed by atoms with Crippen molar-refractivity contribution in [2.24, 2.45) is 0 Å². The van der Waals surface area contributed by atoms with Crippen LogP contribution >= 0.6 is 0 Å². The molecule has 0 radical (unpaired) electrons. The summed E-state index contributed by atoms with van der Waals surface area (Å²) in [4.78, 5) is 38.5. The molecule has 19 heavy (non-hydrogen) atoms. The predicted octanol–water partition coefficient (Wildman–Crippen LogP) is 0.374. The van der Waals surface area contributed by atoms with Crippen molar-refractivity contribution >= 4 is 18.0 Å². The number of aliphatic carboxylic acids is 1. The van der Waals surface area contributed by atoms with Crippen molar-refractivity contribution in [3.05, 3.63) is 0 Å². The Balaban J connectivity index is 4.55. The zero-order chi connectivity index (χ0) is 15.2. The molecule has 0 saturated carbocycles. The molecule has 0 aliphatic carbocycles. The minimum Gasteiger partial charge on any atom is -0.480 e. The summed E-state index contributed by atoms with van der Waals surface area (Å²) >= 11 is 0. The molecule has 1 atom stereocenters. The van der Waals surface area contributed by atoms with Gasteiger partial charge in [0.15, 0.2) is 0 Å². The molecule has 0 bridgehead atoms. The second-order valence-corrected chi connectivity index (χ2v) is 4.81. The first kappa shape index (κ1) is 17.2. The van der Waals surface area contributed by atoms with Crippen molar-refractivity contribution in [2.75, 3.05) is 14.2 Å². The van der Waals surface area contributed by atoms with Crippen molar-refractivity contribution in [2.45, 2.75) is 38.8 Å². The molecule has 0 rings (SSSR count). The Morgan fingerprint density at radius 1 is 1.32 bits per heavy atom. The Labute approximate surface area is 111 Å². The maximum atomic E-state index is 11.5. The van der Waals surface area contributed by atoms with Gasteiger partial charge in [-0.15, -0.1) is 0 Å². The van der Waals surface area contributed by atoms with E-state index in [1.807, 2.05) is 0 Å². The zero-order valence-corrected chi connectivity index (χ0v) is 11.7. The van der Waals surface area contributed by atoms with Crippen LogP contribution in [0.25, 0.3) is 0 Å². The normalized spacial score (nSPS) is 12.5. The number of nitrogens with one attached hydrogen (secondary N) is 1. The number of amides is 2. The quantitative estimate of drug-likeness (QED) is 0.703. The van der Waals surface area contributed by atoms with Crippen LogP contribution in [-0.4, -0.2) is 53.9 Å². The average molecular weight is 276 g/mol. The summed E-state index contributed by atoms with van der Waals surface area (Å²) in [6, 6.07) is -1.38. The lowest BCUT2D eigenvalue weighted by atomic mass is 10.2. The third kappa shape index (κ3) is 7.24. The fraction of sp³-hybridized carbons (Fsp3) is 0.727. The molecule has 0 aromatic rings. The van der Waals surface area contributed by atoms with Crippen LogP contribution in [0.15, 0.2) is 0 Å². The Kier molecular flexibility index (Phi) is 6.26. The first-order chi connectivity index (χ1) is 8.56. The molecule has 0 aliphatic rings. The Hall–Kier alpha value is -1.83. The molecule has 0 fully saturated rings. The summed E-state index contributed by atoms with van der Waals surface area (Å²) < 4.78 is 4.92. The van der Waals surface area contributed by atoms with Gasteiger partial charge in [-0.05, 0) is 20.8 Å². The van der Waals surface area contributed by atoms with Crippen molar-refractivity contribution < 1.29 is 29.1 Å². The van der Waals surface area contributed by atoms with Gasteiger partial charge in [-0.2, -0.15) is 0 Å². The number of nitrogens with zero attached hydrogens (tertiary/aromatic N) is 1. The van der Waals surface area contributed by atoms with Gasteiger partial charge in [0.25, 0.3) is 0 Å². The molecular weight excluding hydrogens is 256 g/mol. The van der Waals surface area contributed by atoms with Crippen LogP contribution in [0.3, 0.4) is 0 Å². The zero-order valence-electron chi connectivity index (χ0n) is 11.7. The third-order valence-corrected chi connectivity index (χ3v) is 1.99. The number of carboxylic acid groups (broad SMARTS) is 1. The highest BCUT2D eigenvalue weighted by atomic mass is 16.7. The molecule has 8 heteroatoms. The standard InChI is InChI=1S/C11H20N2O6/c1-11(2,3)19-10(17)12-7(9(15)16)6-8(14)13(4)18-5/h7H,6H2,1-5H3,(H,12,17)(H,15,16)/t7-/m0/s1. The first-order valence-corrected chi connectivity index (χ1v) is 5.60. The molecule has 0 aliphatic heterocycles. The number of carboxylic acids is 1. The smallest absolute Gasteiger partial charge is 0.408 e. The number of hydrogen-bond acceptors (Lipinski definition) is 5. The molecule has 2 amide bonds. The molecule has 0 saturated heterocycles. The lowest BCUT2D eigenvalue weighted by molar-refractivity contribution is -0.170. The highest BCUT2D eigenvalue weighted by Gasteiger charge is 2.27. The van der Waals surface area contributed by atoms with E-state index in [2.05, 4.69) is 10.2 Å². The lowest BCUT2D eigenvalue weighted by Crippen LogP contribution is -2.46. The van der Waals surface area contributed by atoms with E-state index in [1.54, 1.807) is 20.8 Å². The molecule has 0 heterocycles. The van der Waals surface area contributed by atoms with E-state index < -0.39 is 36.0 Å². The molecule has 0 aromatic heterocycles. The average Bonchev–Trinajstić information content (AvgIpc) is 2.24. The second kappa shape index (κ2) is 6.93. The van der Waals surface area contributed by atoms with E-state index in [0.29, 0.717) is 0 Å². The van der Waals surface area contributed by atoms with Crippen LogP contribution in [0.5, 0.6) is 0 Å². The molecule has 0 unspecified atom stereocenters. The van der Waals surface area contributed by atoms with Crippen LogP contribution in [0.4, 0.5) is 4.79 Å². The fourth-order valence-corrected chi connectivity index (χ4v) is 1.05. The number of hydroxylamine groups is 2. The molecule has 8 nitrogen and oxygen atoms in total. The third-order valence-electron chi connectivity index (χ3n) is 1.99. The van der Waals surface area contributed by atoms with Crippen molar-refractivity contribution in [3.8, 4) is 0 Å². The van der Waals surface area contributed by atoms with Gasteiger partial charge in [0.2, 0.25) is 5.91 Å². The van der Waals surface area contributed by atoms with Crippen molar-refractivity contribution in [3.63, 3.8) is 0 Å². The lowest BCUT2D eigenvalue weighted by Gasteiger charge is -2.22. The Bertz CT molecular complexity index is 350. The molecule has 110 valence electrons. The number of rotatable bonds is 5. The summed E-state index contributed by atoms with van der Waals surface area (Å²) in [7, 11) is 2.61. The molecular formula is C11H20N2O6. The first-order valence-electron chi connectivity index (χ1n) is 5.60. The topological polar surface area (TPSA) is 105 Å². The van der Waals surface area contributed by atoms with E-state index in [-0.39, 0.29) is 0 Å². The van der Waals surface area contributed by atoms with E-state index in [0.717, 1.165) is 5.06 Å². The number of ether oxygens (including phenoxy) is 1. The number of hydrogen-bond donors (Lipinski definition) is 2. The highest BCUT2D eigenvalue weighted by molar-refractivity contribution is 5.86. The molecule has 2 N–H and O–H groups in total. The molecule has 0 aromatic carbocycles. The summed E-state index contributed by atoms with van der Waals surface area (Å²) in [6.45, 7) is 4.94. The van der Waals surface area contributed by atoms with Gasteiger partial charge in [-0.25, -0.2) is 14.7 Å². The van der Waals surface area contributed by atoms with Crippen LogP contribution in [0, 0.1) is 0 Å². The summed E-state index contributed by atoms with van der Waals surface area (Å²) in [5, 5.41) is 11.9. The SMILES string of the molecule is CON(C)C(=O)C[C@H](NC(=O)OC(C)(C)C)C(=O)O. The Morgan fingerprint density at radius 3 is 2.21 bits per heavy atom. The van der Waals surface area contributed by atoms with Crippen LogP contribution < -0.4 is 5.32 Å². The summed E-state index contributed by atoms with van der Waals surface area (Å²) in [6.07, 6.45) is -1.33. The monoisotopic (exact) mass is 276 g/mol.